The summed E-state index contributed by atoms with van der Waals surface area (Å²) in [4.78, 5) is 14.0. The second-order valence-corrected chi connectivity index (χ2v) is 9.13. The van der Waals surface area contributed by atoms with Crippen LogP contribution in [0.25, 0.3) is 11.2 Å². The monoisotopic (exact) mass is 424 g/mol. The van der Waals surface area contributed by atoms with Gasteiger partial charge in [-0.05, 0) is 51.9 Å². The van der Waals surface area contributed by atoms with Gasteiger partial charge in [-0.2, -0.15) is 0 Å². The molecule has 144 valence electrons. The zero-order valence-corrected chi connectivity index (χ0v) is 17.8. The van der Waals surface area contributed by atoms with Crippen molar-refractivity contribution in [3.8, 4) is 0 Å². The molecule has 0 aliphatic rings. The van der Waals surface area contributed by atoms with Crippen LogP contribution in [0.1, 0.15) is 27.2 Å². The third kappa shape index (κ3) is 5.25. The fraction of sp³-hybridized carbons (Fsp3) is 0.389. The molecule has 0 saturated heterocycles. The molecule has 0 saturated carbocycles. The van der Waals surface area contributed by atoms with Gasteiger partial charge in [0.05, 0.1) is 0 Å². The number of nitrogens with one attached hydrogen (secondary N) is 1. The van der Waals surface area contributed by atoms with E-state index in [1.165, 1.54) is 18.1 Å². The molecule has 0 aliphatic carbocycles. The Morgan fingerprint density at radius 3 is 2.52 bits per heavy atom. The van der Waals surface area contributed by atoms with Gasteiger partial charge in [0, 0.05) is 27.0 Å². The van der Waals surface area contributed by atoms with Gasteiger partial charge in [-0.15, -0.1) is 0 Å². The van der Waals surface area contributed by atoms with Crippen molar-refractivity contribution in [3.05, 3.63) is 34.6 Å². The van der Waals surface area contributed by atoms with E-state index >= 15 is 0 Å². The number of nitrogen functional groups attached to an aromatic ring is 1. The van der Waals surface area contributed by atoms with E-state index in [4.69, 9.17) is 28.9 Å². The first-order chi connectivity index (χ1) is 12.7. The Bertz CT molecular complexity index is 931. The number of nitrogens with two attached hydrogens (primary N) is 1. The molecule has 0 amide bonds. The largest absolute Gasteiger partial charge is 0.382 e. The highest BCUT2D eigenvalue weighted by atomic mass is 35.5. The molecule has 2 heterocycles. The topological polar surface area (TPSA) is 81.7 Å². The minimum atomic E-state index is 0.0821. The average Bonchev–Trinajstić information content (AvgIpc) is 2.89. The molecule has 9 heteroatoms. The Labute approximate surface area is 172 Å². The first-order valence-corrected chi connectivity index (χ1v) is 10.2. The number of benzene rings is 1. The molecule has 0 spiro atoms. The third-order valence-corrected chi connectivity index (χ3v) is 5.19. The summed E-state index contributed by atoms with van der Waals surface area (Å²) in [5.41, 5.74) is 7.42. The maximum absolute atomic E-state index is 6.13. The van der Waals surface area contributed by atoms with Gasteiger partial charge in [0.25, 0.3) is 0 Å². The minimum Gasteiger partial charge on any atom is -0.382 e. The van der Waals surface area contributed by atoms with Crippen LogP contribution in [0.3, 0.4) is 0 Å². The van der Waals surface area contributed by atoms with Crippen molar-refractivity contribution in [2.75, 3.05) is 12.3 Å². The van der Waals surface area contributed by atoms with E-state index in [0.29, 0.717) is 21.4 Å². The molecule has 1 aromatic carbocycles. The second-order valence-electron chi connectivity index (χ2n) is 7.21. The maximum Gasteiger partial charge on any atom is 0.175 e. The molecule has 3 N–H and O–H groups in total. The molecule has 6 nitrogen and oxygen atoms in total. The third-order valence-electron chi connectivity index (χ3n) is 3.78. The molecule has 0 radical (unpaired) electrons. The van der Waals surface area contributed by atoms with Gasteiger partial charge in [-0.1, -0.05) is 35.0 Å². The summed E-state index contributed by atoms with van der Waals surface area (Å²) in [6.07, 6.45) is 2.39. The fourth-order valence-electron chi connectivity index (χ4n) is 2.61. The molecule has 0 atom stereocenters. The number of aromatic nitrogens is 4. The molecule has 0 aliphatic heterocycles. The summed E-state index contributed by atoms with van der Waals surface area (Å²) in [6.45, 7) is 8.09. The highest BCUT2D eigenvalue weighted by molar-refractivity contribution is 7.99. The van der Waals surface area contributed by atoms with E-state index in [-0.39, 0.29) is 5.54 Å². The normalized spacial score (nSPS) is 12.0. The lowest BCUT2D eigenvalue weighted by molar-refractivity contribution is 0.412. The van der Waals surface area contributed by atoms with Crippen LogP contribution in [0.15, 0.2) is 34.6 Å². The Kier molecular flexibility index (Phi) is 6.15. The predicted molar refractivity (Wildman–Crippen MR) is 113 cm³/mol. The van der Waals surface area contributed by atoms with Crippen LogP contribution >= 0.6 is 35.0 Å². The van der Waals surface area contributed by atoms with Crippen LogP contribution in [-0.2, 0) is 6.54 Å². The van der Waals surface area contributed by atoms with Crippen molar-refractivity contribution in [1.29, 1.82) is 0 Å². The number of hydrogen-bond acceptors (Lipinski definition) is 6. The second kappa shape index (κ2) is 8.22. The van der Waals surface area contributed by atoms with Crippen LogP contribution < -0.4 is 11.1 Å². The average molecular weight is 425 g/mol. The molecule has 3 aromatic rings. The van der Waals surface area contributed by atoms with Crippen LogP contribution in [0, 0.1) is 0 Å². The standard InChI is InChI=1S/C18H22Cl2N6S/c1-18(2,3)24-5-4-6-26-16-14(15(21)22-10-23-16)25-17(26)27-13-8-11(19)7-12(20)9-13/h7-10,24H,4-6H2,1-3H3,(H2,21,22,23). The lowest BCUT2D eigenvalue weighted by Crippen LogP contribution is -2.36. The van der Waals surface area contributed by atoms with Crippen LogP contribution in [-0.4, -0.2) is 31.6 Å². The summed E-state index contributed by atoms with van der Waals surface area (Å²) >= 11 is 13.7. The van der Waals surface area contributed by atoms with Crippen molar-refractivity contribution in [2.45, 2.75) is 49.3 Å². The first-order valence-electron chi connectivity index (χ1n) is 8.58. The van der Waals surface area contributed by atoms with Gasteiger partial charge in [0.15, 0.2) is 22.1 Å². The Morgan fingerprint density at radius 1 is 1.15 bits per heavy atom. The number of imidazole rings is 1. The van der Waals surface area contributed by atoms with Gasteiger partial charge in [0.1, 0.15) is 6.33 Å². The van der Waals surface area contributed by atoms with E-state index in [9.17, 15) is 0 Å². The van der Waals surface area contributed by atoms with E-state index in [0.717, 1.165) is 35.2 Å². The molecule has 0 bridgehead atoms. The number of rotatable bonds is 6. The lowest BCUT2D eigenvalue weighted by Gasteiger charge is -2.20. The SMILES string of the molecule is CC(C)(C)NCCCn1c(Sc2cc(Cl)cc(Cl)c2)nc2c(N)ncnc21. The van der Waals surface area contributed by atoms with Crippen molar-refractivity contribution < 1.29 is 0 Å². The van der Waals surface area contributed by atoms with E-state index in [2.05, 4.69) is 45.6 Å². The molecule has 0 fully saturated rings. The van der Waals surface area contributed by atoms with Gasteiger partial charge in [0.2, 0.25) is 0 Å². The number of hydrogen-bond donors (Lipinski definition) is 2. The molecule has 3 rings (SSSR count). The maximum atomic E-state index is 6.13. The van der Waals surface area contributed by atoms with E-state index in [1.807, 2.05) is 12.1 Å². The number of anilines is 1. The molecule has 27 heavy (non-hydrogen) atoms. The zero-order chi connectivity index (χ0) is 19.6. The van der Waals surface area contributed by atoms with Gasteiger partial charge < -0.3 is 15.6 Å². The molecular weight excluding hydrogens is 403 g/mol. The first kappa shape index (κ1) is 20.2. The van der Waals surface area contributed by atoms with Crippen molar-refractivity contribution in [3.63, 3.8) is 0 Å². The summed E-state index contributed by atoms with van der Waals surface area (Å²) in [7, 11) is 0. The zero-order valence-electron chi connectivity index (χ0n) is 15.5. The number of nitrogens with zero attached hydrogens (tertiary/aromatic N) is 4. The van der Waals surface area contributed by atoms with Gasteiger partial charge in [-0.3, -0.25) is 0 Å². The quantitative estimate of drug-likeness (QED) is 0.560. The smallest absolute Gasteiger partial charge is 0.175 e. The highest BCUT2D eigenvalue weighted by Gasteiger charge is 2.16. The van der Waals surface area contributed by atoms with Crippen molar-refractivity contribution in [1.82, 2.24) is 24.8 Å². The number of halogens is 2. The van der Waals surface area contributed by atoms with E-state index in [1.54, 1.807) is 6.07 Å². The summed E-state index contributed by atoms with van der Waals surface area (Å²) < 4.78 is 2.07. The van der Waals surface area contributed by atoms with Crippen LogP contribution in [0.5, 0.6) is 0 Å². The highest BCUT2D eigenvalue weighted by Crippen LogP contribution is 2.34. The molecule has 2 aromatic heterocycles. The summed E-state index contributed by atoms with van der Waals surface area (Å²) in [6, 6.07) is 5.42. The Morgan fingerprint density at radius 2 is 1.85 bits per heavy atom. The Balaban J connectivity index is 1.89. The fourth-order valence-corrected chi connectivity index (χ4v) is 4.27. The van der Waals surface area contributed by atoms with Crippen LogP contribution in [0.4, 0.5) is 5.82 Å². The lowest BCUT2D eigenvalue weighted by atomic mass is 10.1. The molecule has 0 unspecified atom stereocenters. The Hall–Kier alpha value is -1.54. The van der Waals surface area contributed by atoms with Crippen molar-refractivity contribution >= 4 is 51.9 Å². The van der Waals surface area contributed by atoms with Crippen molar-refractivity contribution in [2.24, 2.45) is 0 Å². The minimum absolute atomic E-state index is 0.0821. The van der Waals surface area contributed by atoms with Gasteiger partial charge >= 0.3 is 0 Å². The summed E-state index contributed by atoms with van der Waals surface area (Å²) in [5, 5.41) is 5.45. The predicted octanol–water partition coefficient (Wildman–Crippen LogP) is 4.64. The van der Waals surface area contributed by atoms with Crippen LogP contribution in [0.2, 0.25) is 10.0 Å². The van der Waals surface area contributed by atoms with Gasteiger partial charge in [-0.25, -0.2) is 15.0 Å². The number of aryl methyl sites for hydroxylation is 1. The summed E-state index contributed by atoms with van der Waals surface area (Å²) in [5.74, 6) is 0.373. The van der Waals surface area contributed by atoms with E-state index < -0.39 is 0 Å². The number of fused-ring (bicyclic) bond motifs is 1. The molecular formula is C18H22Cl2N6S.